The summed E-state index contributed by atoms with van der Waals surface area (Å²) in [5, 5.41) is 2.70. The molecule has 6 nitrogen and oxygen atoms in total. The van der Waals surface area contributed by atoms with Crippen LogP contribution < -0.4 is 15.1 Å². The van der Waals surface area contributed by atoms with E-state index in [-0.39, 0.29) is 18.9 Å². The molecule has 3 aromatic rings. The van der Waals surface area contributed by atoms with Crippen LogP contribution >= 0.6 is 0 Å². The molecule has 0 radical (unpaired) electrons. The number of nitrogens with zero attached hydrogens (tertiary/aromatic N) is 2. The maximum absolute atomic E-state index is 14.2. The monoisotopic (exact) mass is 479 g/mol. The molecule has 1 N–H and O–H groups in total. The van der Waals surface area contributed by atoms with Gasteiger partial charge in [0.2, 0.25) is 11.8 Å². The Bertz CT molecular complexity index is 1380. The lowest BCUT2D eigenvalue weighted by molar-refractivity contribution is -0.134. The lowest BCUT2D eigenvalue weighted by Crippen LogP contribution is -2.44. The quantitative estimate of drug-likeness (QED) is 0.457. The highest BCUT2D eigenvalue weighted by atomic mass is 19.2. The second-order valence-corrected chi connectivity index (χ2v) is 8.49. The van der Waals surface area contributed by atoms with E-state index in [2.05, 4.69) is 5.32 Å². The molecule has 35 heavy (non-hydrogen) atoms. The fourth-order valence-corrected chi connectivity index (χ4v) is 4.70. The molecule has 0 bridgehead atoms. The topological polar surface area (TPSA) is 69.7 Å². The van der Waals surface area contributed by atoms with E-state index in [9.17, 15) is 27.6 Å². The average molecular weight is 479 g/mol. The molecule has 2 aliphatic rings. The van der Waals surface area contributed by atoms with Crippen LogP contribution in [0.1, 0.15) is 18.0 Å². The first-order chi connectivity index (χ1) is 16.8. The van der Waals surface area contributed by atoms with E-state index in [0.29, 0.717) is 23.4 Å². The fraction of sp³-hybridized carbons (Fsp3) is 0.192. The summed E-state index contributed by atoms with van der Waals surface area (Å²) >= 11 is 0. The first-order valence-corrected chi connectivity index (χ1v) is 11.0. The van der Waals surface area contributed by atoms with Gasteiger partial charge in [0.15, 0.2) is 11.6 Å². The van der Waals surface area contributed by atoms with Gasteiger partial charge in [-0.25, -0.2) is 13.2 Å². The Kier molecular flexibility index (Phi) is 5.55. The van der Waals surface area contributed by atoms with E-state index in [4.69, 9.17) is 0 Å². The molecule has 2 atom stereocenters. The molecule has 0 spiro atoms. The van der Waals surface area contributed by atoms with Crippen molar-refractivity contribution in [2.24, 2.45) is 5.92 Å². The van der Waals surface area contributed by atoms with Gasteiger partial charge in [0, 0.05) is 31.3 Å². The predicted octanol–water partition coefficient (Wildman–Crippen LogP) is 3.96. The van der Waals surface area contributed by atoms with Crippen molar-refractivity contribution in [2.45, 2.75) is 12.5 Å². The van der Waals surface area contributed by atoms with Gasteiger partial charge in [-0.05, 0) is 23.6 Å². The molecule has 5 rings (SSSR count). The number of fused-ring (bicyclic) bond motifs is 3. The summed E-state index contributed by atoms with van der Waals surface area (Å²) < 4.78 is 41.2. The predicted molar refractivity (Wildman–Crippen MR) is 123 cm³/mol. The highest BCUT2D eigenvalue weighted by Gasteiger charge is 2.41. The van der Waals surface area contributed by atoms with Crippen molar-refractivity contribution in [3.63, 3.8) is 0 Å². The highest BCUT2D eigenvalue weighted by molar-refractivity contribution is 6.12. The molecule has 2 heterocycles. The number of para-hydroxylation sites is 1. The second-order valence-electron chi connectivity index (χ2n) is 8.49. The van der Waals surface area contributed by atoms with E-state index in [1.807, 2.05) is 36.4 Å². The first kappa shape index (κ1) is 22.6. The van der Waals surface area contributed by atoms with Crippen LogP contribution in [0, 0.1) is 23.4 Å². The maximum Gasteiger partial charge on any atom is 0.253 e. The number of rotatable bonds is 3. The summed E-state index contributed by atoms with van der Waals surface area (Å²) in [5.41, 5.74) is 2.42. The number of carbonyl (C=O) groups excluding carboxylic acids is 3. The number of hydrogen-bond donors (Lipinski definition) is 1. The normalized spacial score (nSPS) is 19.3. The Morgan fingerprint density at radius 3 is 2.29 bits per heavy atom. The van der Waals surface area contributed by atoms with Crippen LogP contribution in [0.25, 0.3) is 11.1 Å². The van der Waals surface area contributed by atoms with Crippen LogP contribution in [-0.2, 0) is 14.4 Å². The largest absolute Gasteiger partial charge is 0.340 e. The minimum Gasteiger partial charge on any atom is -0.340 e. The summed E-state index contributed by atoms with van der Waals surface area (Å²) in [7, 11) is 1.61. The Morgan fingerprint density at radius 1 is 0.857 bits per heavy atom. The van der Waals surface area contributed by atoms with Crippen molar-refractivity contribution in [3.05, 3.63) is 83.7 Å². The summed E-state index contributed by atoms with van der Waals surface area (Å²) in [6.45, 7) is -0.0561. The molecule has 3 aromatic carbocycles. The third-order valence-corrected chi connectivity index (χ3v) is 6.49. The van der Waals surface area contributed by atoms with E-state index in [1.165, 1.54) is 4.90 Å². The smallest absolute Gasteiger partial charge is 0.253 e. The molecule has 3 amide bonds. The van der Waals surface area contributed by atoms with Crippen molar-refractivity contribution < 1.29 is 27.6 Å². The van der Waals surface area contributed by atoms with Gasteiger partial charge in [-0.3, -0.25) is 14.4 Å². The van der Waals surface area contributed by atoms with Crippen molar-refractivity contribution in [2.75, 3.05) is 23.4 Å². The standard InChI is InChI=1S/C26H20F3N3O3/c1-31-21-9-5-4-7-15(21)14-6-2-3-8-16(14)23(26(31)35)30-24(33)17-10-11-32(25(17)34)22-13-19(28)18(27)12-20(22)29/h2-9,12-13,17,23H,10-11H2,1H3,(H,30,33)/t17?,23-/m0/s1. The van der Waals surface area contributed by atoms with Crippen molar-refractivity contribution in [3.8, 4) is 11.1 Å². The third kappa shape index (κ3) is 3.73. The van der Waals surface area contributed by atoms with Crippen molar-refractivity contribution >= 4 is 29.1 Å². The van der Waals surface area contributed by atoms with E-state index in [0.717, 1.165) is 16.0 Å². The lowest BCUT2D eigenvalue weighted by Gasteiger charge is -2.24. The van der Waals surface area contributed by atoms with Crippen LogP contribution in [0.5, 0.6) is 0 Å². The summed E-state index contributed by atoms with van der Waals surface area (Å²) in [6.07, 6.45) is 0.0295. The van der Waals surface area contributed by atoms with Crippen molar-refractivity contribution in [1.29, 1.82) is 0 Å². The van der Waals surface area contributed by atoms with E-state index < -0.39 is 46.9 Å². The Labute approximate surface area is 199 Å². The fourth-order valence-electron chi connectivity index (χ4n) is 4.70. The molecule has 2 aliphatic heterocycles. The number of nitrogens with one attached hydrogen (secondary N) is 1. The number of halogens is 3. The lowest BCUT2D eigenvalue weighted by atomic mass is 9.95. The molecule has 1 unspecified atom stereocenters. The molecule has 0 aliphatic carbocycles. The molecule has 178 valence electrons. The first-order valence-electron chi connectivity index (χ1n) is 11.0. The van der Waals surface area contributed by atoms with Crippen LogP contribution in [-0.4, -0.2) is 31.3 Å². The van der Waals surface area contributed by atoms with Gasteiger partial charge in [0.05, 0.1) is 11.4 Å². The number of amides is 3. The van der Waals surface area contributed by atoms with Crippen LogP contribution in [0.2, 0.25) is 0 Å². The molecule has 1 fully saturated rings. The van der Waals surface area contributed by atoms with Crippen molar-refractivity contribution in [1.82, 2.24) is 5.32 Å². The summed E-state index contributed by atoms with van der Waals surface area (Å²) in [6, 6.07) is 14.5. The SMILES string of the molecule is CN1C(=O)[C@@H](NC(=O)C2CCN(c3cc(F)c(F)cc3F)C2=O)c2ccccc2-c2ccccc21. The number of benzene rings is 3. The summed E-state index contributed by atoms with van der Waals surface area (Å²) in [4.78, 5) is 41.9. The van der Waals surface area contributed by atoms with Gasteiger partial charge in [0.1, 0.15) is 17.8 Å². The zero-order valence-electron chi connectivity index (χ0n) is 18.6. The number of anilines is 2. The van der Waals surface area contributed by atoms with Gasteiger partial charge in [-0.1, -0.05) is 42.5 Å². The Hall–Kier alpha value is -4.14. The zero-order chi connectivity index (χ0) is 24.9. The van der Waals surface area contributed by atoms with Crippen LogP contribution in [0.3, 0.4) is 0 Å². The zero-order valence-corrected chi connectivity index (χ0v) is 18.6. The van der Waals surface area contributed by atoms with E-state index >= 15 is 0 Å². The minimum absolute atomic E-state index is 0.0295. The van der Waals surface area contributed by atoms with Crippen LogP contribution in [0.15, 0.2) is 60.7 Å². The van der Waals surface area contributed by atoms with Crippen LogP contribution in [0.4, 0.5) is 24.5 Å². The number of likely N-dealkylation sites (N-methyl/N-ethyl adjacent to an activating group) is 1. The number of carbonyl (C=O) groups is 3. The molecular weight excluding hydrogens is 459 g/mol. The second kappa shape index (κ2) is 8.57. The molecule has 9 heteroatoms. The van der Waals surface area contributed by atoms with Gasteiger partial charge < -0.3 is 15.1 Å². The number of hydrogen-bond acceptors (Lipinski definition) is 3. The average Bonchev–Trinajstić information content (AvgIpc) is 3.21. The minimum atomic E-state index is -1.37. The molecule has 0 saturated carbocycles. The van der Waals surface area contributed by atoms with E-state index in [1.54, 1.807) is 19.2 Å². The highest BCUT2D eigenvalue weighted by Crippen LogP contribution is 2.40. The molecule has 0 aromatic heterocycles. The molecular formula is C26H20F3N3O3. The Morgan fingerprint density at radius 2 is 1.51 bits per heavy atom. The van der Waals surface area contributed by atoms with Gasteiger partial charge in [-0.15, -0.1) is 0 Å². The van der Waals surface area contributed by atoms with Gasteiger partial charge in [0.25, 0.3) is 5.91 Å². The third-order valence-electron chi connectivity index (χ3n) is 6.49. The van der Waals surface area contributed by atoms with Gasteiger partial charge in [-0.2, -0.15) is 0 Å². The summed E-state index contributed by atoms with van der Waals surface area (Å²) in [5.74, 6) is -6.83. The van der Waals surface area contributed by atoms with Gasteiger partial charge >= 0.3 is 0 Å². The maximum atomic E-state index is 14.2. The Balaban J connectivity index is 1.44. The molecule has 1 saturated heterocycles.